The molecule has 0 saturated carbocycles. The molecule has 0 aliphatic carbocycles. The van der Waals surface area contributed by atoms with Gasteiger partial charge in [0.15, 0.2) is 0 Å². The molecule has 0 amide bonds. The van der Waals surface area contributed by atoms with Crippen molar-refractivity contribution in [1.29, 1.82) is 0 Å². The lowest BCUT2D eigenvalue weighted by molar-refractivity contribution is 0.420. The quantitative estimate of drug-likeness (QED) is 0.249. The van der Waals surface area contributed by atoms with Crippen LogP contribution in [0.5, 0.6) is 0 Å². The van der Waals surface area contributed by atoms with E-state index in [2.05, 4.69) is 116 Å². The number of aromatic nitrogens is 2. The highest BCUT2D eigenvalue weighted by Gasteiger charge is 2.24. The molecule has 0 bridgehead atoms. The third-order valence-corrected chi connectivity index (χ3v) is 6.76. The number of imidazole rings is 1. The Hall–Kier alpha value is -3.13. The minimum Gasteiger partial charge on any atom is -0.329 e. The molecule has 0 fully saturated rings. The highest BCUT2D eigenvalue weighted by molar-refractivity contribution is 5.28. The topological polar surface area (TPSA) is 17.8 Å². The van der Waals surface area contributed by atoms with Gasteiger partial charge >= 0.3 is 0 Å². The molecule has 0 radical (unpaired) electrons. The number of hydrogen-bond donors (Lipinski definition) is 0. The first-order valence-corrected chi connectivity index (χ1v) is 12.3. The first-order chi connectivity index (χ1) is 16.2. The van der Waals surface area contributed by atoms with Crippen LogP contribution in [0.4, 0.5) is 0 Å². The number of benzene rings is 3. The standard InChI is InChI=1S/C31H36N2/c1-4-29(21-20-26-14-8-5-9-15-26)33-25(3)30(23-28-18-12-7-13-19-28)32-31(33)24(2)22-27-16-10-6-11-17-27/h5-19,24,29H,4,20-23H2,1-3H3/t24-,29+/m1/s1. The molecule has 2 heteroatoms. The van der Waals surface area contributed by atoms with Gasteiger partial charge in [-0.25, -0.2) is 4.98 Å². The molecule has 4 rings (SSSR count). The molecule has 33 heavy (non-hydrogen) atoms. The summed E-state index contributed by atoms with van der Waals surface area (Å²) < 4.78 is 2.58. The van der Waals surface area contributed by atoms with E-state index in [4.69, 9.17) is 4.98 Å². The Morgan fingerprint density at radius 2 is 1.30 bits per heavy atom. The molecule has 0 N–H and O–H groups in total. The Labute approximate surface area is 199 Å². The lowest BCUT2D eigenvalue weighted by Crippen LogP contribution is -2.17. The monoisotopic (exact) mass is 436 g/mol. The summed E-state index contributed by atoms with van der Waals surface area (Å²) in [6.07, 6.45) is 5.24. The van der Waals surface area contributed by atoms with Crippen molar-refractivity contribution in [2.24, 2.45) is 0 Å². The van der Waals surface area contributed by atoms with Gasteiger partial charge in [-0.1, -0.05) is 105 Å². The molecule has 2 atom stereocenters. The van der Waals surface area contributed by atoms with Gasteiger partial charge in [0.05, 0.1) is 5.69 Å². The first kappa shape index (κ1) is 23.0. The molecule has 0 spiro atoms. The van der Waals surface area contributed by atoms with Gasteiger partial charge in [0.1, 0.15) is 5.82 Å². The molecular weight excluding hydrogens is 400 g/mol. The molecule has 0 saturated heterocycles. The molecule has 170 valence electrons. The zero-order chi connectivity index (χ0) is 23.0. The SMILES string of the molecule is CC[C@@H](CCc1ccccc1)n1c([C@H](C)Cc2ccccc2)nc(Cc2ccccc2)c1C. The minimum atomic E-state index is 0.362. The Kier molecular flexibility index (Phi) is 7.78. The molecule has 0 aliphatic rings. The number of nitrogens with zero attached hydrogens (tertiary/aromatic N) is 2. The Balaban J connectivity index is 1.65. The van der Waals surface area contributed by atoms with Gasteiger partial charge in [0.25, 0.3) is 0 Å². The van der Waals surface area contributed by atoms with Crippen LogP contribution in [0.3, 0.4) is 0 Å². The summed E-state index contributed by atoms with van der Waals surface area (Å²) in [7, 11) is 0. The van der Waals surface area contributed by atoms with Crippen molar-refractivity contribution in [3.05, 3.63) is 125 Å². The largest absolute Gasteiger partial charge is 0.329 e. The van der Waals surface area contributed by atoms with Crippen molar-refractivity contribution in [2.75, 3.05) is 0 Å². The maximum atomic E-state index is 5.29. The van der Waals surface area contributed by atoms with E-state index >= 15 is 0 Å². The smallest absolute Gasteiger partial charge is 0.112 e. The average molecular weight is 437 g/mol. The molecular formula is C31H36N2. The molecule has 0 aliphatic heterocycles. The second-order valence-electron chi connectivity index (χ2n) is 9.21. The Morgan fingerprint density at radius 1 is 0.758 bits per heavy atom. The van der Waals surface area contributed by atoms with Crippen molar-refractivity contribution in [3.8, 4) is 0 Å². The molecule has 4 aromatic rings. The highest BCUT2D eigenvalue weighted by Crippen LogP contribution is 2.31. The maximum absolute atomic E-state index is 5.29. The van der Waals surface area contributed by atoms with E-state index in [0.717, 1.165) is 32.1 Å². The average Bonchev–Trinajstić information content (AvgIpc) is 3.17. The van der Waals surface area contributed by atoms with E-state index in [1.807, 2.05) is 0 Å². The van der Waals surface area contributed by atoms with Gasteiger partial charge in [0.2, 0.25) is 0 Å². The predicted molar refractivity (Wildman–Crippen MR) is 139 cm³/mol. The first-order valence-electron chi connectivity index (χ1n) is 12.3. The van der Waals surface area contributed by atoms with Crippen LogP contribution < -0.4 is 0 Å². The zero-order valence-corrected chi connectivity index (χ0v) is 20.2. The van der Waals surface area contributed by atoms with Crippen molar-refractivity contribution in [2.45, 2.75) is 64.8 Å². The van der Waals surface area contributed by atoms with Gasteiger partial charge in [-0.05, 0) is 49.3 Å². The molecule has 1 aromatic heterocycles. The van der Waals surface area contributed by atoms with Crippen molar-refractivity contribution in [1.82, 2.24) is 9.55 Å². The Morgan fingerprint density at radius 3 is 1.88 bits per heavy atom. The summed E-state index contributed by atoms with van der Waals surface area (Å²) in [6.45, 7) is 6.92. The van der Waals surface area contributed by atoms with E-state index < -0.39 is 0 Å². The summed E-state index contributed by atoms with van der Waals surface area (Å²) in [5.74, 6) is 1.60. The van der Waals surface area contributed by atoms with E-state index in [1.54, 1.807) is 0 Å². The van der Waals surface area contributed by atoms with Crippen LogP contribution in [0.25, 0.3) is 0 Å². The highest BCUT2D eigenvalue weighted by atomic mass is 15.1. The molecule has 0 unspecified atom stereocenters. The normalized spacial score (nSPS) is 13.1. The number of rotatable bonds is 10. The summed E-state index contributed by atoms with van der Waals surface area (Å²) in [6, 6.07) is 32.9. The summed E-state index contributed by atoms with van der Waals surface area (Å²) in [5.41, 5.74) is 6.66. The maximum Gasteiger partial charge on any atom is 0.112 e. The van der Waals surface area contributed by atoms with E-state index in [-0.39, 0.29) is 0 Å². The van der Waals surface area contributed by atoms with Gasteiger partial charge in [0, 0.05) is 24.1 Å². The molecule has 3 aromatic carbocycles. The van der Waals surface area contributed by atoms with Gasteiger partial charge in [-0.15, -0.1) is 0 Å². The van der Waals surface area contributed by atoms with E-state index in [0.29, 0.717) is 12.0 Å². The van der Waals surface area contributed by atoms with Crippen molar-refractivity contribution < 1.29 is 0 Å². The van der Waals surface area contributed by atoms with Crippen LogP contribution >= 0.6 is 0 Å². The van der Waals surface area contributed by atoms with E-state index in [9.17, 15) is 0 Å². The summed E-state index contributed by atoms with van der Waals surface area (Å²) in [4.78, 5) is 5.29. The van der Waals surface area contributed by atoms with Crippen molar-refractivity contribution in [3.63, 3.8) is 0 Å². The van der Waals surface area contributed by atoms with E-state index in [1.165, 1.54) is 33.9 Å². The van der Waals surface area contributed by atoms with Crippen LogP contribution in [0.1, 0.15) is 72.6 Å². The summed E-state index contributed by atoms with van der Waals surface area (Å²) in [5, 5.41) is 0. The third kappa shape index (κ3) is 5.82. The predicted octanol–water partition coefficient (Wildman–Crippen LogP) is 7.71. The molecule has 2 nitrogen and oxygen atoms in total. The van der Waals surface area contributed by atoms with Crippen LogP contribution in [0.2, 0.25) is 0 Å². The van der Waals surface area contributed by atoms with Crippen LogP contribution in [0, 0.1) is 6.92 Å². The van der Waals surface area contributed by atoms with Crippen LogP contribution in [0.15, 0.2) is 91.0 Å². The van der Waals surface area contributed by atoms with Gasteiger partial charge < -0.3 is 4.57 Å². The number of hydrogen-bond acceptors (Lipinski definition) is 1. The fourth-order valence-electron chi connectivity index (χ4n) is 4.90. The second kappa shape index (κ2) is 11.1. The van der Waals surface area contributed by atoms with Gasteiger partial charge in [-0.3, -0.25) is 0 Å². The van der Waals surface area contributed by atoms with Gasteiger partial charge in [-0.2, -0.15) is 0 Å². The zero-order valence-electron chi connectivity index (χ0n) is 20.2. The lowest BCUT2D eigenvalue weighted by Gasteiger charge is -2.24. The van der Waals surface area contributed by atoms with Crippen molar-refractivity contribution >= 4 is 0 Å². The van der Waals surface area contributed by atoms with Crippen LogP contribution in [-0.4, -0.2) is 9.55 Å². The fraction of sp³-hybridized carbons (Fsp3) is 0.323. The molecule has 1 heterocycles. The summed E-state index contributed by atoms with van der Waals surface area (Å²) >= 11 is 0. The third-order valence-electron chi connectivity index (χ3n) is 6.76. The second-order valence-corrected chi connectivity index (χ2v) is 9.21. The van der Waals surface area contributed by atoms with Crippen LogP contribution in [-0.2, 0) is 19.3 Å². The fourth-order valence-corrected chi connectivity index (χ4v) is 4.90. The Bertz CT molecular complexity index is 1110. The minimum absolute atomic E-state index is 0.362. The lowest BCUT2D eigenvalue weighted by atomic mass is 9.98. The number of aryl methyl sites for hydroxylation is 1.